The molecule has 1 aliphatic rings. The van der Waals surface area contributed by atoms with Crippen LogP contribution in [0.15, 0.2) is 0 Å². The third-order valence-corrected chi connectivity index (χ3v) is 5.10. The molecule has 1 saturated heterocycles. The van der Waals surface area contributed by atoms with Gasteiger partial charge in [-0.25, -0.2) is 4.79 Å². The molecule has 1 fully saturated rings. The van der Waals surface area contributed by atoms with Crippen molar-refractivity contribution < 1.29 is 33.5 Å². The molecule has 1 aliphatic heterocycles. The number of nitrogens with zero attached hydrogens (tertiary/aromatic N) is 1. The fraction of sp³-hybridized carbons (Fsp3) is 0.826. The minimum absolute atomic E-state index is 0.0567. The molecular weight excluding hydrogens is 416 g/mol. The van der Waals surface area contributed by atoms with Crippen LogP contribution in [0.25, 0.3) is 0 Å². The molecule has 1 heterocycles. The number of hydrogen-bond donors (Lipinski definition) is 1. The zero-order valence-corrected chi connectivity index (χ0v) is 19.5. The molecule has 32 heavy (non-hydrogen) atoms. The topological polar surface area (TPSA) is 111 Å². The van der Waals surface area contributed by atoms with Crippen molar-refractivity contribution in [2.24, 2.45) is 0 Å². The average molecular weight is 457 g/mol. The van der Waals surface area contributed by atoms with E-state index < -0.39 is 17.8 Å². The van der Waals surface area contributed by atoms with Gasteiger partial charge in [-0.1, -0.05) is 58.3 Å². The molecule has 0 unspecified atom stereocenters. The standard InChI is InChI=1S/C23H40N2O7/c1-2-3-4-5-6-7-8-9-10-11-20(26)24-15-17-31-19-18-30-16-14-23(29)32-25-21(27)12-13-22(25)28/h2-19H2,1H3,(H,24,26). The number of carbonyl (C=O) groups is 4. The van der Waals surface area contributed by atoms with Crippen LogP contribution in [0.2, 0.25) is 0 Å². The molecule has 0 aromatic heterocycles. The minimum Gasteiger partial charge on any atom is -0.378 e. The van der Waals surface area contributed by atoms with E-state index >= 15 is 0 Å². The SMILES string of the molecule is CCCCCCCCCCCC(=O)NCCOCCOCCC(=O)ON1C(=O)CCC1=O. The third kappa shape index (κ3) is 14.1. The number of unbranched alkanes of at least 4 members (excludes halogenated alkanes) is 8. The molecule has 0 radical (unpaired) electrons. The van der Waals surface area contributed by atoms with Crippen LogP contribution in [0.1, 0.15) is 90.4 Å². The summed E-state index contributed by atoms with van der Waals surface area (Å²) in [5, 5.41) is 3.36. The van der Waals surface area contributed by atoms with Crippen molar-refractivity contribution in [3.8, 4) is 0 Å². The van der Waals surface area contributed by atoms with Gasteiger partial charge in [-0.05, 0) is 6.42 Å². The van der Waals surface area contributed by atoms with E-state index in [1.165, 1.54) is 44.9 Å². The quantitative estimate of drug-likeness (QED) is 0.221. The second-order valence-electron chi connectivity index (χ2n) is 7.95. The zero-order valence-electron chi connectivity index (χ0n) is 19.5. The number of hydroxylamine groups is 2. The van der Waals surface area contributed by atoms with Crippen molar-refractivity contribution in [2.45, 2.75) is 90.4 Å². The van der Waals surface area contributed by atoms with Gasteiger partial charge in [0.15, 0.2) is 0 Å². The fourth-order valence-corrected chi connectivity index (χ4v) is 3.23. The minimum atomic E-state index is -0.691. The molecule has 9 nitrogen and oxygen atoms in total. The first-order valence-electron chi connectivity index (χ1n) is 12.0. The highest BCUT2D eigenvalue weighted by Gasteiger charge is 2.32. The second kappa shape index (κ2) is 18.6. The molecular formula is C23H40N2O7. The van der Waals surface area contributed by atoms with Crippen LogP contribution >= 0.6 is 0 Å². The van der Waals surface area contributed by atoms with Crippen molar-refractivity contribution >= 4 is 23.7 Å². The molecule has 0 aromatic rings. The van der Waals surface area contributed by atoms with Crippen LogP contribution in [0.4, 0.5) is 0 Å². The number of imide groups is 1. The van der Waals surface area contributed by atoms with Gasteiger partial charge in [-0.2, -0.15) is 0 Å². The lowest BCUT2D eigenvalue weighted by Crippen LogP contribution is -2.32. The van der Waals surface area contributed by atoms with Crippen LogP contribution in [0, 0.1) is 0 Å². The van der Waals surface area contributed by atoms with Gasteiger partial charge < -0.3 is 19.6 Å². The van der Waals surface area contributed by atoms with E-state index in [2.05, 4.69) is 12.2 Å². The summed E-state index contributed by atoms with van der Waals surface area (Å²) in [5.74, 6) is -1.64. The lowest BCUT2D eigenvalue weighted by molar-refractivity contribution is -0.198. The first-order valence-corrected chi connectivity index (χ1v) is 12.0. The summed E-state index contributed by atoms with van der Waals surface area (Å²) in [6.45, 7) is 3.82. The Hall–Kier alpha value is -2.00. The molecule has 0 spiro atoms. The maximum absolute atomic E-state index is 11.8. The summed E-state index contributed by atoms with van der Waals surface area (Å²) in [7, 11) is 0. The summed E-state index contributed by atoms with van der Waals surface area (Å²) in [5.41, 5.74) is 0. The molecule has 0 atom stereocenters. The number of amides is 3. The summed E-state index contributed by atoms with van der Waals surface area (Å²) >= 11 is 0. The molecule has 0 saturated carbocycles. The van der Waals surface area contributed by atoms with Crippen molar-refractivity contribution in [1.82, 2.24) is 10.4 Å². The van der Waals surface area contributed by atoms with E-state index in [-0.39, 0.29) is 31.8 Å². The monoisotopic (exact) mass is 456 g/mol. The number of hydrogen-bond acceptors (Lipinski definition) is 7. The van der Waals surface area contributed by atoms with Crippen molar-refractivity contribution in [3.05, 3.63) is 0 Å². The summed E-state index contributed by atoms with van der Waals surface area (Å²) < 4.78 is 10.6. The third-order valence-electron chi connectivity index (χ3n) is 5.10. The van der Waals surface area contributed by atoms with Gasteiger partial charge in [0.25, 0.3) is 11.8 Å². The van der Waals surface area contributed by atoms with Gasteiger partial charge >= 0.3 is 5.97 Å². The van der Waals surface area contributed by atoms with Crippen molar-refractivity contribution in [3.63, 3.8) is 0 Å². The normalized spacial score (nSPS) is 13.6. The van der Waals surface area contributed by atoms with E-state index in [1.54, 1.807) is 0 Å². The predicted octanol–water partition coefficient (Wildman–Crippen LogP) is 3.05. The van der Waals surface area contributed by atoms with Gasteiger partial charge in [-0.15, -0.1) is 5.06 Å². The molecule has 184 valence electrons. The predicted molar refractivity (Wildman–Crippen MR) is 118 cm³/mol. The number of nitrogens with one attached hydrogen (secondary N) is 1. The lowest BCUT2D eigenvalue weighted by Gasteiger charge is -2.12. The van der Waals surface area contributed by atoms with Gasteiger partial charge in [0.2, 0.25) is 5.91 Å². The summed E-state index contributed by atoms with van der Waals surface area (Å²) in [4.78, 5) is 50.8. The van der Waals surface area contributed by atoms with Gasteiger partial charge in [0, 0.05) is 25.8 Å². The Balaban J connectivity index is 1.82. The Morgan fingerprint density at radius 1 is 0.781 bits per heavy atom. The molecule has 1 N–H and O–H groups in total. The van der Waals surface area contributed by atoms with Crippen molar-refractivity contribution in [1.29, 1.82) is 0 Å². The van der Waals surface area contributed by atoms with Crippen LogP contribution in [0.5, 0.6) is 0 Å². The Kier molecular flexibility index (Phi) is 16.3. The Labute approximate surface area is 191 Å². The molecule has 3 amide bonds. The molecule has 0 aromatic carbocycles. The van der Waals surface area contributed by atoms with Crippen LogP contribution in [-0.2, 0) is 33.5 Å². The van der Waals surface area contributed by atoms with E-state index in [0.29, 0.717) is 37.8 Å². The van der Waals surface area contributed by atoms with Crippen LogP contribution in [0.3, 0.4) is 0 Å². The molecule has 1 rings (SSSR count). The van der Waals surface area contributed by atoms with Gasteiger partial charge in [-0.3, -0.25) is 14.4 Å². The van der Waals surface area contributed by atoms with Crippen LogP contribution in [-0.4, -0.2) is 61.7 Å². The number of carbonyl (C=O) groups excluding carboxylic acids is 4. The molecule has 0 bridgehead atoms. The second-order valence-corrected chi connectivity index (χ2v) is 7.95. The highest BCUT2D eigenvalue weighted by atomic mass is 16.7. The van der Waals surface area contributed by atoms with Crippen LogP contribution < -0.4 is 5.32 Å². The highest BCUT2D eigenvalue weighted by Crippen LogP contribution is 2.12. The zero-order chi connectivity index (χ0) is 23.4. The summed E-state index contributed by atoms with van der Waals surface area (Å²) in [6.07, 6.45) is 11.7. The van der Waals surface area contributed by atoms with Gasteiger partial charge in [0.05, 0.1) is 32.8 Å². The fourth-order valence-electron chi connectivity index (χ4n) is 3.23. The lowest BCUT2D eigenvalue weighted by atomic mass is 10.1. The van der Waals surface area contributed by atoms with E-state index in [1.807, 2.05) is 0 Å². The number of ether oxygens (including phenoxy) is 2. The molecule has 0 aliphatic carbocycles. The Morgan fingerprint density at radius 3 is 1.97 bits per heavy atom. The average Bonchev–Trinajstić information content (AvgIpc) is 3.08. The molecule has 9 heteroatoms. The maximum Gasteiger partial charge on any atom is 0.335 e. The van der Waals surface area contributed by atoms with Gasteiger partial charge in [0.1, 0.15) is 0 Å². The van der Waals surface area contributed by atoms with Crippen molar-refractivity contribution in [2.75, 3.05) is 33.0 Å². The largest absolute Gasteiger partial charge is 0.378 e. The smallest absolute Gasteiger partial charge is 0.335 e. The van der Waals surface area contributed by atoms with E-state index in [0.717, 1.165) is 12.8 Å². The van der Waals surface area contributed by atoms with E-state index in [4.69, 9.17) is 14.3 Å². The first-order chi connectivity index (χ1) is 15.5. The first kappa shape index (κ1) is 28.0. The Morgan fingerprint density at radius 2 is 1.34 bits per heavy atom. The number of rotatable bonds is 20. The highest BCUT2D eigenvalue weighted by molar-refractivity contribution is 6.01. The van der Waals surface area contributed by atoms with E-state index in [9.17, 15) is 19.2 Å². The Bertz CT molecular complexity index is 553. The summed E-state index contributed by atoms with van der Waals surface area (Å²) in [6, 6.07) is 0. The maximum atomic E-state index is 11.8.